The van der Waals surface area contributed by atoms with Crippen molar-refractivity contribution in [1.82, 2.24) is 0 Å². The van der Waals surface area contributed by atoms with E-state index >= 15 is 0 Å². The third-order valence-corrected chi connectivity index (χ3v) is 3.31. The molecule has 2 atom stereocenters. The third-order valence-electron chi connectivity index (χ3n) is 3.31. The standard InChI is InChI=1S/C15H25NO/c1-2-7-14(12-16)15(17)11-6-10-13-8-4-3-5-9-13/h3-5,8-9,14-15,17H,2,6-7,10-12,16H2,1H3. The summed E-state index contributed by atoms with van der Waals surface area (Å²) in [7, 11) is 0. The zero-order valence-corrected chi connectivity index (χ0v) is 10.8. The molecule has 0 saturated heterocycles. The molecule has 1 rings (SSSR count). The van der Waals surface area contributed by atoms with Crippen LogP contribution in [0.2, 0.25) is 0 Å². The summed E-state index contributed by atoms with van der Waals surface area (Å²) in [5, 5.41) is 10.0. The van der Waals surface area contributed by atoms with E-state index < -0.39 is 0 Å². The predicted octanol–water partition coefficient (Wildman–Crippen LogP) is 2.75. The SMILES string of the molecule is CCCC(CN)C(O)CCCc1ccccc1. The lowest BCUT2D eigenvalue weighted by molar-refractivity contribution is 0.0954. The maximum atomic E-state index is 10.0. The van der Waals surface area contributed by atoms with Gasteiger partial charge in [-0.1, -0.05) is 43.7 Å². The van der Waals surface area contributed by atoms with Gasteiger partial charge in [0.2, 0.25) is 0 Å². The van der Waals surface area contributed by atoms with Crippen molar-refractivity contribution in [2.24, 2.45) is 11.7 Å². The average Bonchev–Trinajstić information content (AvgIpc) is 2.37. The molecule has 2 unspecified atom stereocenters. The maximum Gasteiger partial charge on any atom is 0.0580 e. The number of aliphatic hydroxyl groups is 1. The van der Waals surface area contributed by atoms with Gasteiger partial charge in [0.25, 0.3) is 0 Å². The van der Waals surface area contributed by atoms with Gasteiger partial charge in [0.05, 0.1) is 6.10 Å². The quantitative estimate of drug-likeness (QED) is 0.728. The first-order valence-corrected chi connectivity index (χ1v) is 6.70. The van der Waals surface area contributed by atoms with Crippen molar-refractivity contribution >= 4 is 0 Å². The Hall–Kier alpha value is -0.860. The maximum absolute atomic E-state index is 10.0. The first-order valence-electron chi connectivity index (χ1n) is 6.70. The average molecular weight is 235 g/mol. The second kappa shape index (κ2) is 8.26. The van der Waals surface area contributed by atoms with Crippen molar-refractivity contribution in [3.8, 4) is 0 Å². The van der Waals surface area contributed by atoms with Crippen molar-refractivity contribution in [3.63, 3.8) is 0 Å². The minimum absolute atomic E-state index is 0.233. The van der Waals surface area contributed by atoms with Crippen LogP contribution in [0, 0.1) is 5.92 Å². The molecule has 2 nitrogen and oxygen atoms in total. The Kier molecular flexibility index (Phi) is 6.90. The number of hydrogen-bond donors (Lipinski definition) is 2. The fourth-order valence-electron chi connectivity index (χ4n) is 2.23. The van der Waals surface area contributed by atoms with Crippen LogP contribution in [-0.4, -0.2) is 17.8 Å². The summed E-state index contributed by atoms with van der Waals surface area (Å²) in [5.41, 5.74) is 7.03. The largest absolute Gasteiger partial charge is 0.393 e. The molecule has 17 heavy (non-hydrogen) atoms. The number of rotatable bonds is 8. The van der Waals surface area contributed by atoms with Crippen LogP contribution in [0.3, 0.4) is 0 Å². The Morgan fingerprint density at radius 2 is 1.88 bits per heavy atom. The molecule has 0 fully saturated rings. The van der Waals surface area contributed by atoms with Crippen molar-refractivity contribution in [2.45, 2.75) is 45.1 Å². The summed E-state index contributed by atoms with van der Waals surface area (Å²) in [6.07, 6.45) is 4.83. The second-order valence-corrected chi connectivity index (χ2v) is 4.73. The Bertz CT molecular complexity index is 286. The molecule has 0 aliphatic carbocycles. The molecule has 0 saturated carbocycles. The van der Waals surface area contributed by atoms with Gasteiger partial charge in [-0.3, -0.25) is 0 Å². The zero-order chi connectivity index (χ0) is 12.5. The summed E-state index contributed by atoms with van der Waals surface area (Å²) < 4.78 is 0. The number of benzene rings is 1. The van der Waals surface area contributed by atoms with E-state index in [1.54, 1.807) is 0 Å². The van der Waals surface area contributed by atoms with Gasteiger partial charge in [0, 0.05) is 0 Å². The molecule has 2 heteroatoms. The van der Waals surface area contributed by atoms with E-state index in [2.05, 4.69) is 31.2 Å². The smallest absolute Gasteiger partial charge is 0.0580 e. The Morgan fingerprint density at radius 1 is 1.18 bits per heavy atom. The molecule has 0 aromatic heterocycles. The summed E-state index contributed by atoms with van der Waals surface area (Å²) in [4.78, 5) is 0. The molecular formula is C15H25NO. The highest BCUT2D eigenvalue weighted by Gasteiger charge is 2.16. The Morgan fingerprint density at radius 3 is 2.47 bits per heavy atom. The highest BCUT2D eigenvalue weighted by Crippen LogP contribution is 2.16. The van der Waals surface area contributed by atoms with Crippen LogP contribution in [0.5, 0.6) is 0 Å². The Labute approximate surface area is 105 Å². The molecule has 0 amide bonds. The summed E-state index contributed by atoms with van der Waals surface area (Å²) in [6, 6.07) is 10.4. The topological polar surface area (TPSA) is 46.2 Å². The Balaban J connectivity index is 2.25. The van der Waals surface area contributed by atoms with Crippen molar-refractivity contribution in [1.29, 1.82) is 0 Å². The second-order valence-electron chi connectivity index (χ2n) is 4.73. The van der Waals surface area contributed by atoms with E-state index in [1.165, 1.54) is 5.56 Å². The number of hydrogen-bond acceptors (Lipinski definition) is 2. The molecule has 0 aliphatic rings. The molecule has 1 aromatic rings. The fourth-order valence-corrected chi connectivity index (χ4v) is 2.23. The molecule has 3 N–H and O–H groups in total. The monoisotopic (exact) mass is 235 g/mol. The number of aryl methyl sites for hydroxylation is 1. The van der Waals surface area contributed by atoms with E-state index in [0.717, 1.165) is 32.1 Å². The third kappa shape index (κ3) is 5.33. The van der Waals surface area contributed by atoms with Gasteiger partial charge in [-0.25, -0.2) is 0 Å². The molecule has 96 valence electrons. The van der Waals surface area contributed by atoms with E-state index in [0.29, 0.717) is 6.54 Å². The van der Waals surface area contributed by atoms with E-state index in [9.17, 15) is 5.11 Å². The lowest BCUT2D eigenvalue weighted by Gasteiger charge is -2.20. The van der Waals surface area contributed by atoms with Crippen LogP contribution in [0.4, 0.5) is 0 Å². The van der Waals surface area contributed by atoms with Gasteiger partial charge in [0.1, 0.15) is 0 Å². The molecule has 0 spiro atoms. The number of nitrogens with two attached hydrogens (primary N) is 1. The normalized spacial score (nSPS) is 14.5. The molecule has 0 bridgehead atoms. The number of aliphatic hydroxyl groups excluding tert-OH is 1. The van der Waals surface area contributed by atoms with Gasteiger partial charge < -0.3 is 10.8 Å². The van der Waals surface area contributed by atoms with Gasteiger partial charge in [-0.2, -0.15) is 0 Å². The van der Waals surface area contributed by atoms with Crippen LogP contribution in [0.1, 0.15) is 38.2 Å². The molecule has 0 aliphatic heterocycles. The van der Waals surface area contributed by atoms with Crippen LogP contribution in [-0.2, 0) is 6.42 Å². The van der Waals surface area contributed by atoms with Crippen LogP contribution in [0.25, 0.3) is 0 Å². The zero-order valence-electron chi connectivity index (χ0n) is 10.8. The predicted molar refractivity (Wildman–Crippen MR) is 72.8 cm³/mol. The lowest BCUT2D eigenvalue weighted by atomic mass is 9.93. The van der Waals surface area contributed by atoms with Gasteiger partial charge >= 0.3 is 0 Å². The summed E-state index contributed by atoms with van der Waals surface area (Å²) in [5.74, 6) is 0.274. The molecular weight excluding hydrogens is 210 g/mol. The van der Waals surface area contributed by atoms with Crippen molar-refractivity contribution in [2.75, 3.05) is 6.54 Å². The van der Waals surface area contributed by atoms with Gasteiger partial charge in [0.15, 0.2) is 0 Å². The minimum Gasteiger partial charge on any atom is -0.393 e. The van der Waals surface area contributed by atoms with Crippen LogP contribution >= 0.6 is 0 Å². The summed E-state index contributed by atoms with van der Waals surface area (Å²) in [6.45, 7) is 2.74. The molecule has 0 heterocycles. The molecule has 0 radical (unpaired) electrons. The first-order chi connectivity index (χ1) is 8.27. The van der Waals surface area contributed by atoms with Crippen molar-refractivity contribution in [3.05, 3.63) is 35.9 Å². The van der Waals surface area contributed by atoms with E-state index in [1.807, 2.05) is 6.07 Å². The van der Waals surface area contributed by atoms with Crippen LogP contribution in [0.15, 0.2) is 30.3 Å². The van der Waals surface area contributed by atoms with E-state index in [4.69, 9.17) is 5.73 Å². The van der Waals surface area contributed by atoms with Crippen LogP contribution < -0.4 is 5.73 Å². The van der Waals surface area contributed by atoms with Crippen molar-refractivity contribution < 1.29 is 5.11 Å². The minimum atomic E-state index is -0.233. The van der Waals surface area contributed by atoms with E-state index in [-0.39, 0.29) is 12.0 Å². The highest BCUT2D eigenvalue weighted by molar-refractivity contribution is 5.14. The fraction of sp³-hybridized carbons (Fsp3) is 0.600. The van der Waals surface area contributed by atoms with Gasteiger partial charge in [-0.15, -0.1) is 0 Å². The summed E-state index contributed by atoms with van der Waals surface area (Å²) >= 11 is 0. The highest BCUT2D eigenvalue weighted by atomic mass is 16.3. The molecule has 1 aromatic carbocycles. The first kappa shape index (κ1) is 14.2. The lowest BCUT2D eigenvalue weighted by Crippen LogP contribution is -2.27. The van der Waals surface area contributed by atoms with Gasteiger partial charge in [-0.05, 0) is 43.7 Å².